The van der Waals surface area contributed by atoms with Gasteiger partial charge in [-0.15, -0.1) is 0 Å². The van der Waals surface area contributed by atoms with Crippen molar-refractivity contribution in [2.24, 2.45) is 5.92 Å². The molecule has 1 atom stereocenters. The average Bonchev–Trinajstić information content (AvgIpc) is 3.05. The second-order valence-corrected chi connectivity index (χ2v) is 6.76. The summed E-state index contributed by atoms with van der Waals surface area (Å²) in [7, 11) is 0. The van der Waals surface area contributed by atoms with Gasteiger partial charge in [0.15, 0.2) is 11.5 Å². The van der Waals surface area contributed by atoms with Crippen LogP contribution in [-0.2, 0) is 6.42 Å². The summed E-state index contributed by atoms with van der Waals surface area (Å²) in [6.07, 6.45) is -3.77. The summed E-state index contributed by atoms with van der Waals surface area (Å²) in [6, 6.07) is 4.44. The van der Waals surface area contributed by atoms with Crippen LogP contribution in [0.3, 0.4) is 0 Å². The predicted octanol–water partition coefficient (Wildman–Crippen LogP) is 4.58. The van der Waals surface area contributed by atoms with Crippen LogP contribution in [0.1, 0.15) is 33.1 Å². The Bertz CT molecular complexity index is 798. The molecule has 1 saturated heterocycles. The molecule has 0 aliphatic carbocycles. The maximum absolute atomic E-state index is 13.2. The number of carbonyl (C=O) groups excluding carboxylic acids is 1. The highest BCUT2D eigenvalue weighted by Gasteiger charge is 2.56. The molecule has 136 valence electrons. The van der Waals surface area contributed by atoms with E-state index in [1.165, 1.54) is 18.7 Å². The molecule has 2 amide bonds. The van der Waals surface area contributed by atoms with Gasteiger partial charge in [0.1, 0.15) is 5.52 Å². The number of likely N-dealkylation sites (tertiary alicyclic amines) is 1. The summed E-state index contributed by atoms with van der Waals surface area (Å²) in [5.41, 5.74) is 0.382. The Labute approximate surface area is 143 Å². The molecule has 0 saturated carbocycles. The Morgan fingerprint density at radius 1 is 1.44 bits per heavy atom. The van der Waals surface area contributed by atoms with Crippen LogP contribution in [0.15, 0.2) is 22.6 Å². The van der Waals surface area contributed by atoms with Crippen LogP contribution in [0.5, 0.6) is 0 Å². The third-order valence-electron chi connectivity index (χ3n) is 4.82. The predicted molar refractivity (Wildman–Crippen MR) is 87.4 cm³/mol. The van der Waals surface area contributed by atoms with E-state index in [0.29, 0.717) is 29.1 Å². The lowest BCUT2D eigenvalue weighted by molar-refractivity contribution is -0.189. The number of hydrogen-bond acceptors (Lipinski definition) is 3. The van der Waals surface area contributed by atoms with Gasteiger partial charge >= 0.3 is 12.2 Å². The van der Waals surface area contributed by atoms with Crippen molar-refractivity contribution in [2.45, 2.75) is 45.3 Å². The van der Waals surface area contributed by atoms with E-state index in [4.69, 9.17) is 4.42 Å². The second-order valence-electron chi connectivity index (χ2n) is 6.76. The van der Waals surface area contributed by atoms with E-state index in [2.05, 4.69) is 10.3 Å². The topological polar surface area (TPSA) is 58.4 Å². The molecule has 0 unspecified atom stereocenters. The number of amides is 2. The lowest BCUT2D eigenvalue weighted by atomic mass is 9.88. The minimum Gasteiger partial charge on any atom is -0.441 e. The van der Waals surface area contributed by atoms with E-state index in [1.54, 1.807) is 18.2 Å². The maximum atomic E-state index is 13.2. The van der Waals surface area contributed by atoms with Gasteiger partial charge in [-0.1, -0.05) is 6.92 Å². The van der Waals surface area contributed by atoms with E-state index in [-0.39, 0.29) is 13.0 Å². The molecule has 1 aromatic heterocycles. The molecule has 0 radical (unpaired) electrons. The smallest absolute Gasteiger partial charge is 0.394 e. The fraction of sp³-hybridized carbons (Fsp3) is 0.529. The van der Waals surface area contributed by atoms with Crippen molar-refractivity contribution in [3.8, 4) is 0 Å². The van der Waals surface area contributed by atoms with E-state index in [0.717, 1.165) is 0 Å². The molecule has 3 rings (SSSR count). The van der Waals surface area contributed by atoms with Gasteiger partial charge in [-0.05, 0) is 38.5 Å². The summed E-state index contributed by atoms with van der Waals surface area (Å²) in [6.45, 7) is 4.88. The van der Waals surface area contributed by atoms with Gasteiger partial charge in [-0.3, -0.25) is 0 Å². The monoisotopic (exact) mass is 355 g/mol. The molecule has 1 aliphatic heterocycles. The van der Waals surface area contributed by atoms with Gasteiger partial charge in [-0.2, -0.15) is 13.2 Å². The minimum atomic E-state index is -4.32. The van der Waals surface area contributed by atoms with Crippen LogP contribution in [0.2, 0.25) is 0 Å². The molecule has 0 spiro atoms. The van der Waals surface area contributed by atoms with Gasteiger partial charge in [0.2, 0.25) is 0 Å². The Morgan fingerprint density at radius 3 is 2.76 bits per heavy atom. The highest BCUT2D eigenvalue weighted by Crippen LogP contribution is 2.44. The van der Waals surface area contributed by atoms with Crippen LogP contribution in [0.25, 0.3) is 11.1 Å². The van der Waals surface area contributed by atoms with Crippen LogP contribution < -0.4 is 5.32 Å². The largest absolute Gasteiger partial charge is 0.441 e. The maximum Gasteiger partial charge on any atom is 0.394 e. The first-order chi connectivity index (χ1) is 11.6. The summed E-state index contributed by atoms with van der Waals surface area (Å²) in [4.78, 5) is 18.0. The number of anilines is 1. The van der Waals surface area contributed by atoms with Crippen molar-refractivity contribution in [3.05, 3.63) is 24.1 Å². The van der Waals surface area contributed by atoms with Gasteiger partial charge < -0.3 is 14.6 Å². The van der Waals surface area contributed by atoms with Gasteiger partial charge in [-0.25, -0.2) is 9.78 Å². The van der Waals surface area contributed by atoms with E-state index in [1.807, 2.05) is 6.92 Å². The molecular formula is C17H20F3N3O2. The zero-order chi connectivity index (χ0) is 18.4. The quantitative estimate of drug-likeness (QED) is 0.857. The third-order valence-corrected chi connectivity index (χ3v) is 4.82. The number of alkyl halides is 3. The Morgan fingerprint density at radius 2 is 2.16 bits per heavy atom. The second kappa shape index (κ2) is 5.93. The molecular weight excluding hydrogens is 335 g/mol. The number of aromatic nitrogens is 1. The third kappa shape index (κ3) is 3.17. The molecule has 1 N–H and O–H groups in total. The molecule has 1 aromatic carbocycles. The Balaban J connectivity index is 1.78. The fourth-order valence-corrected chi connectivity index (χ4v) is 3.41. The highest BCUT2D eigenvalue weighted by atomic mass is 19.4. The van der Waals surface area contributed by atoms with Crippen molar-refractivity contribution in [1.82, 2.24) is 9.88 Å². The zero-order valence-corrected chi connectivity index (χ0v) is 14.3. The zero-order valence-electron chi connectivity index (χ0n) is 14.3. The number of carbonyl (C=O) groups is 1. The van der Waals surface area contributed by atoms with Gasteiger partial charge in [0, 0.05) is 18.7 Å². The van der Waals surface area contributed by atoms with Gasteiger partial charge in [0.25, 0.3) is 0 Å². The minimum absolute atomic E-state index is 0.0647. The molecule has 25 heavy (non-hydrogen) atoms. The number of halogens is 3. The van der Waals surface area contributed by atoms with Crippen LogP contribution in [0.4, 0.5) is 23.7 Å². The van der Waals surface area contributed by atoms with Crippen LogP contribution in [0, 0.1) is 5.92 Å². The molecule has 1 fully saturated rings. The number of aryl methyl sites for hydroxylation is 1. The Hall–Kier alpha value is -2.25. The van der Waals surface area contributed by atoms with Crippen LogP contribution >= 0.6 is 0 Å². The standard InChI is InChI=1S/C17H20F3N3O2/c1-4-14-22-11-9-10(5-6-12(11)25-14)21-15(24)23-8-7-13(16(23,2)3)17(18,19)20/h5-6,9,13H,4,7-8H2,1-3H3,(H,21,24)/t13-/m0/s1. The first-order valence-electron chi connectivity index (χ1n) is 8.17. The van der Waals surface area contributed by atoms with Crippen molar-refractivity contribution < 1.29 is 22.4 Å². The average molecular weight is 355 g/mol. The summed E-state index contributed by atoms with van der Waals surface area (Å²) in [5.74, 6) is -0.942. The van der Waals surface area contributed by atoms with Gasteiger partial charge in [0.05, 0.1) is 11.5 Å². The van der Waals surface area contributed by atoms with Crippen molar-refractivity contribution in [2.75, 3.05) is 11.9 Å². The number of nitrogens with zero attached hydrogens (tertiary/aromatic N) is 2. The number of hydrogen-bond donors (Lipinski definition) is 1. The number of urea groups is 1. The normalized spacial score (nSPS) is 20.2. The SMILES string of the molecule is CCc1nc2cc(NC(=O)N3CC[C@H](C(F)(F)F)C3(C)C)ccc2o1. The summed E-state index contributed by atoms with van der Waals surface area (Å²) < 4.78 is 45.0. The lowest BCUT2D eigenvalue weighted by Gasteiger charge is -2.36. The Kier molecular flexibility index (Phi) is 4.17. The molecule has 1 aliphatic rings. The lowest BCUT2D eigenvalue weighted by Crippen LogP contribution is -2.51. The number of fused-ring (bicyclic) bond motifs is 1. The van der Waals surface area contributed by atoms with Crippen molar-refractivity contribution >= 4 is 22.8 Å². The number of oxazole rings is 1. The van der Waals surface area contributed by atoms with E-state index in [9.17, 15) is 18.0 Å². The van der Waals surface area contributed by atoms with Crippen molar-refractivity contribution in [3.63, 3.8) is 0 Å². The molecule has 2 aromatic rings. The van der Waals surface area contributed by atoms with Crippen molar-refractivity contribution in [1.29, 1.82) is 0 Å². The molecule has 5 nitrogen and oxygen atoms in total. The fourth-order valence-electron chi connectivity index (χ4n) is 3.41. The number of benzene rings is 1. The molecule has 8 heteroatoms. The number of nitrogens with one attached hydrogen (secondary N) is 1. The molecule has 2 heterocycles. The summed E-state index contributed by atoms with van der Waals surface area (Å²) >= 11 is 0. The summed E-state index contributed by atoms with van der Waals surface area (Å²) in [5, 5.41) is 2.67. The highest BCUT2D eigenvalue weighted by molar-refractivity contribution is 5.92. The first kappa shape index (κ1) is 17.6. The van der Waals surface area contributed by atoms with E-state index >= 15 is 0 Å². The van der Waals surface area contributed by atoms with Crippen LogP contribution in [-0.4, -0.2) is 34.2 Å². The first-order valence-corrected chi connectivity index (χ1v) is 8.17. The molecule has 0 bridgehead atoms. The van der Waals surface area contributed by atoms with E-state index < -0.39 is 23.7 Å². The number of rotatable bonds is 2.